The molecule has 0 aliphatic carbocycles. The number of fused-ring (bicyclic) bond motifs is 1. The van der Waals surface area contributed by atoms with Crippen molar-refractivity contribution < 1.29 is 14.3 Å². The second kappa shape index (κ2) is 8.79. The van der Waals surface area contributed by atoms with E-state index in [0.717, 1.165) is 21.8 Å². The van der Waals surface area contributed by atoms with Gasteiger partial charge < -0.3 is 15.4 Å². The molecule has 8 heteroatoms. The largest absolute Gasteiger partial charge is 0.453 e. The van der Waals surface area contributed by atoms with Gasteiger partial charge in [0.2, 0.25) is 5.91 Å². The highest BCUT2D eigenvalue weighted by Gasteiger charge is 2.22. The minimum Gasteiger partial charge on any atom is -0.453 e. The van der Waals surface area contributed by atoms with Gasteiger partial charge in [-0.05, 0) is 17.7 Å². The van der Waals surface area contributed by atoms with E-state index in [1.54, 1.807) is 11.3 Å². The fourth-order valence-corrected chi connectivity index (χ4v) is 3.78. The lowest BCUT2D eigenvalue weighted by Gasteiger charge is -2.18. The number of ether oxygens (including phenoxy) is 1. The van der Waals surface area contributed by atoms with Crippen molar-refractivity contribution in [1.82, 2.24) is 14.7 Å². The Morgan fingerprint density at radius 3 is 2.60 bits per heavy atom. The molecule has 0 radical (unpaired) electrons. The van der Waals surface area contributed by atoms with Crippen molar-refractivity contribution in [3.8, 4) is 11.3 Å². The van der Waals surface area contributed by atoms with Crippen molar-refractivity contribution in [2.45, 2.75) is 12.5 Å². The molecule has 0 aliphatic heterocycles. The fraction of sp³-hybridized carbons (Fsp3) is 0.136. The van der Waals surface area contributed by atoms with Gasteiger partial charge in [0.25, 0.3) is 0 Å². The van der Waals surface area contributed by atoms with Crippen LogP contribution in [0.25, 0.3) is 16.2 Å². The summed E-state index contributed by atoms with van der Waals surface area (Å²) in [5.41, 5.74) is 3.39. The monoisotopic (exact) mass is 420 g/mol. The van der Waals surface area contributed by atoms with Crippen LogP contribution in [0.3, 0.4) is 0 Å². The molecular formula is C22H20N4O3S. The van der Waals surface area contributed by atoms with Crippen LogP contribution >= 0.6 is 11.3 Å². The first-order valence-electron chi connectivity index (χ1n) is 9.34. The highest BCUT2D eigenvalue weighted by molar-refractivity contribution is 7.15. The molecule has 2 N–H and O–H groups in total. The third-order valence-corrected chi connectivity index (χ3v) is 5.39. The van der Waals surface area contributed by atoms with Crippen molar-refractivity contribution in [3.05, 3.63) is 77.9 Å². The van der Waals surface area contributed by atoms with Crippen molar-refractivity contribution in [2.24, 2.45) is 0 Å². The summed E-state index contributed by atoms with van der Waals surface area (Å²) >= 11 is 1.57. The Kier molecular flexibility index (Phi) is 5.76. The lowest BCUT2D eigenvalue weighted by molar-refractivity contribution is -0.118. The van der Waals surface area contributed by atoms with Crippen LogP contribution in [0.2, 0.25) is 0 Å². The number of benzene rings is 2. The highest BCUT2D eigenvalue weighted by Crippen LogP contribution is 2.23. The van der Waals surface area contributed by atoms with Crippen LogP contribution in [0, 0.1) is 0 Å². The first-order valence-corrected chi connectivity index (χ1v) is 10.2. The molecule has 0 saturated heterocycles. The molecule has 0 aliphatic rings. The van der Waals surface area contributed by atoms with E-state index in [2.05, 4.69) is 20.4 Å². The molecule has 7 nitrogen and oxygen atoms in total. The second-order valence-corrected chi connectivity index (χ2v) is 7.54. The summed E-state index contributed by atoms with van der Waals surface area (Å²) in [5, 5.41) is 7.44. The Morgan fingerprint density at radius 1 is 1.13 bits per heavy atom. The quantitative estimate of drug-likeness (QED) is 0.494. The summed E-state index contributed by atoms with van der Waals surface area (Å²) in [5.74, 6) is -0.320. The zero-order chi connectivity index (χ0) is 20.9. The molecular weight excluding hydrogens is 400 g/mol. The van der Waals surface area contributed by atoms with Crippen molar-refractivity contribution >= 4 is 34.0 Å². The number of hydrogen-bond donors (Lipinski definition) is 2. The number of methoxy groups -OCH3 is 1. The summed E-state index contributed by atoms with van der Waals surface area (Å²) < 4.78 is 6.64. The van der Waals surface area contributed by atoms with Crippen LogP contribution in [-0.2, 0) is 16.0 Å². The molecule has 0 spiro atoms. The Labute approximate surface area is 177 Å². The van der Waals surface area contributed by atoms with Gasteiger partial charge in [-0.15, -0.1) is 11.3 Å². The van der Waals surface area contributed by atoms with Gasteiger partial charge >= 0.3 is 6.09 Å². The minimum absolute atomic E-state index is 0.320. The molecule has 30 heavy (non-hydrogen) atoms. The summed E-state index contributed by atoms with van der Waals surface area (Å²) in [7, 11) is 1.27. The Morgan fingerprint density at radius 2 is 1.90 bits per heavy atom. The van der Waals surface area contributed by atoms with Crippen LogP contribution in [0.1, 0.15) is 5.56 Å². The molecule has 4 aromatic rings. The van der Waals surface area contributed by atoms with E-state index < -0.39 is 12.1 Å². The van der Waals surface area contributed by atoms with Crippen molar-refractivity contribution in [2.75, 3.05) is 12.4 Å². The Balaban J connectivity index is 1.46. The number of nitrogens with zero attached hydrogens (tertiary/aromatic N) is 2. The molecule has 1 unspecified atom stereocenters. The van der Waals surface area contributed by atoms with Gasteiger partial charge in [-0.2, -0.15) is 0 Å². The number of nitrogens with one attached hydrogen (secondary N) is 2. The van der Waals surface area contributed by atoms with Crippen LogP contribution < -0.4 is 10.6 Å². The molecule has 2 aromatic heterocycles. The van der Waals surface area contributed by atoms with Gasteiger partial charge in [0.15, 0.2) is 4.96 Å². The number of rotatable bonds is 6. The van der Waals surface area contributed by atoms with Crippen molar-refractivity contribution in [3.63, 3.8) is 0 Å². The number of aromatic nitrogens is 2. The third kappa shape index (κ3) is 4.49. The predicted octanol–water partition coefficient (Wildman–Crippen LogP) is 3.97. The molecule has 2 heterocycles. The maximum absolute atomic E-state index is 12.8. The molecule has 0 saturated carbocycles. The van der Waals surface area contributed by atoms with E-state index in [1.807, 2.05) is 76.8 Å². The van der Waals surface area contributed by atoms with Gasteiger partial charge in [-0.25, -0.2) is 9.78 Å². The third-order valence-electron chi connectivity index (χ3n) is 4.62. The average molecular weight is 420 g/mol. The van der Waals surface area contributed by atoms with E-state index >= 15 is 0 Å². The topological polar surface area (TPSA) is 84.7 Å². The van der Waals surface area contributed by atoms with Crippen LogP contribution in [-0.4, -0.2) is 34.5 Å². The van der Waals surface area contributed by atoms with E-state index in [9.17, 15) is 9.59 Å². The second-order valence-electron chi connectivity index (χ2n) is 6.66. The van der Waals surface area contributed by atoms with Gasteiger partial charge in [0.1, 0.15) is 6.04 Å². The van der Waals surface area contributed by atoms with Crippen LogP contribution in [0.4, 0.5) is 10.5 Å². The van der Waals surface area contributed by atoms with E-state index in [-0.39, 0.29) is 5.91 Å². The maximum Gasteiger partial charge on any atom is 0.407 e. The van der Waals surface area contributed by atoms with E-state index in [4.69, 9.17) is 0 Å². The minimum atomic E-state index is -0.764. The number of amides is 2. The summed E-state index contributed by atoms with van der Waals surface area (Å²) in [4.78, 5) is 30.0. The smallest absolute Gasteiger partial charge is 0.407 e. The van der Waals surface area contributed by atoms with E-state index in [1.165, 1.54) is 7.11 Å². The van der Waals surface area contributed by atoms with Crippen LogP contribution in [0.15, 0.2) is 72.4 Å². The molecule has 2 aromatic carbocycles. The standard InChI is InChI=1S/C22H20N4O3S/c1-29-22(28)25-18(13-15-5-3-2-4-6-15)20(27)23-17-9-7-16(8-10-17)19-14-26-11-12-30-21(26)24-19/h2-12,14,18H,13H2,1H3,(H,23,27)(H,25,28). The maximum atomic E-state index is 12.8. The van der Waals surface area contributed by atoms with Gasteiger partial charge in [-0.1, -0.05) is 42.5 Å². The SMILES string of the molecule is COC(=O)NC(Cc1ccccc1)C(=O)Nc1ccc(-c2cn3ccsc3n2)cc1. The van der Waals surface area contributed by atoms with Gasteiger partial charge in [-0.3, -0.25) is 9.20 Å². The number of carbonyl (C=O) groups excluding carboxylic acids is 2. The fourth-order valence-electron chi connectivity index (χ4n) is 3.08. The number of thiazole rings is 1. The first kappa shape index (κ1) is 19.7. The van der Waals surface area contributed by atoms with Gasteiger partial charge in [0.05, 0.1) is 12.8 Å². The molecule has 0 bridgehead atoms. The molecule has 1 atom stereocenters. The zero-order valence-electron chi connectivity index (χ0n) is 16.2. The Hall–Kier alpha value is -3.65. The van der Waals surface area contributed by atoms with E-state index in [0.29, 0.717) is 12.1 Å². The number of carbonyl (C=O) groups is 2. The first-order chi connectivity index (χ1) is 14.6. The molecule has 152 valence electrons. The zero-order valence-corrected chi connectivity index (χ0v) is 17.1. The molecule has 4 rings (SSSR count). The average Bonchev–Trinajstić information content (AvgIpc) is 3.37. The number of anilines is 1. The lowest BCUT2D eigenvalue weighted by atomic mass is 10.1. The Bertz CT molecular complexity index is 1120. The number of imidazole rings is 1. The lowest BCUT2D eigenvalue weighted by Crippen LogP contribution is -2.45. The van der Waals surface area contributed by atoms with Gasteiger partial charge in [0, 0.05) is 35.4 Å². The highest BCUT2D eigenvalue weighted by atomic mass is 32.1. The molecule has 2 amide bonds. The van der Waals surface area contributed by atoms with Crippen LogP contribution in [0.5, 0.6) is 0 Å². The number of hydrogen-bond acceptors (Lipinski definition) is 5. The number of alkyl carbamates (subject to hydrolysis) is 1. The van der Waals surface area contributed by atoms with Crippen molar-refractivity contribution in [1.29, 1.82) is 0 Å². The predicted molar refractivity (Wildman–Crippen MR) is 117 cm³/mol. The molecule has 0 fully saturated rings. The summed E-state index contributed by atoms with van der Waals surface area (Å²) in [6.45, 7) is 0. The summed E-state index contributed by atoms with van der Waals surface area (Å²) in [6, 6.07) is 16.2. The summed E-state index contributed by atoms with van der Waals surface area (Å²) in [6.07, 6.45) is 3.63. The normalized spacial score (nSPS) is 11.8.